The number of carbonyl (C=O) groups excluding carboxylic acids is 1. The Balaban J connectivity index is 1.90. The van der Waals surface area contributed by atoms with E-state index < -0.39 is 6.10 Å². The molecule has 0 spiro atoms. The Hall–Kier alpha value is -2.53. The van der Waals surface area contributed by atoms with Gasteiger partial charge < -0.3 is 20.1 Å². The summed E-state index contributed by atoms with van der Waals surface area (Å²) in [6, 6.07) is 17.3. The lowest BCUT2D eigenvalue weighted by Crippen LogP contribution is -2.33. The number of ether oxygens (including phenoxy) is 1. The third-order valence-electron chi connectivity index (χ3n) is 3.85. The van der Waals surface area contributed by atoms with Crippen LogP contribution in [0.4, 0.5) is 10.5 Å². The van der Waals surface area contributed by atoms with Crippen LogP contribution >= 0.6 is 0 Å². The molecule has 1 unspecified atom stereocenters. The van der Waals surface area contributed by atoms with E-state index in [2.05, 4.69) is 17.4 Å². The maximum absolute atomic E-state index is 12.3. The molecule has 2 N–H and O–H groups in total. The van der Waals surface area contributed by atoms with Crippen LogP contribution in [0.3, 0.4) is 0 Å². The molecular weight excluding hydrogens is 316 g/mol. The van der Waals surface area contributed by atoms with Gasteiger partial charge in [-0.2, -0.15) is 0 Å². The molecule has 25 heavy (non-hydrogen) atoms. The topological polar surface area (TPSA) is 61.8 Å². The van der Waals surface area contributed by atoms with Crippen molar-refractivity contribution in [2.45, 2.75) is 25.9 Å². The molecule has 0 aliphatic heterocycles. The summed E-state index contributed by atoms with van der Waals surface area (Å²) >= 11 is 0. The van der Waals surface area contributed by atoms with Crippen molar-refractivity contribution in [3.63, 3.8) is 0 Å². The Morgan fingerprint density at radius 1 is 1.16 bits per heavy atom. The Bertz CT molecular complexity index is 659. The molecule has 0 saturated heterocycles. The monoisotopic (exact) mass is 342 g/mol. The van der Waals surface area contributed by atoms with Crippen molar-refractivity contribution < 1.29 is 14.6 Å². The standard InChI is InChI=1S/C20H26N2O3/c1-16(23)12-14-22(2)20(24)21-18-10-6-7-11-19(18)25-15-13-17-8-4-3-5-9-17/h3-11,16,23H,12-15H2,1-2H3,(H,21,24). The van der Waals surface area contributed by atoms with Gasteiger partial charge in [-0.15, -0.1) is 0 Å². The van der Waals surface area contributed by atoms with Gasteiger partial charge in [-0.25, -0.2) is 4.79 Å². The number of anilines is 1. The highest BCUT2D eigenvalue weighted by atomic mass is 16.5. The predicted molar refractivity (Wildman–Crippen MR) is 100 cm³/mol. The maximum atomic E-state index is 12.3. The summed E-state index contributed by atoms with van der Waals surface area (Å²) in [6.07, 6.45) is 0.917. The van der Waals surface area contributed by atoms with Crippen molar-refractivity contribution in [3.8, 4) is 5.75 Å². The number of carbonyl (C=O) groups is 1. The first-order valence-electron chi connectivity index (χ1n) is 8.52. The van der Waals surface area contributed by atoms with E-state index in [0.29, 0.717) is 31.0 Å². The van der Waals surface area contributed by atoms with E-state index in [1.807, 2.05) is 42.5 Å². The fourth-order valence-electron chi connectivity index (χ4n) is 2.31. The molecule has 5 nitrogen and oxygen atoms in total. The first-order chi connectivity index (χ1) is 12.1. The molecule has 0 aliphatic rings. The molecule has 2 aromatic carbocycles. The SMILES string of the molecule is CC(O)CCN(C)C(=O)Nc1ccccc1OCCc1ccccc1. The van der Waals surface area contributed by atoms with Gasteiger partial charge in [0.2, 0.25) is 0 Å². The summed E-state index contributed by atoms with van der Waals surface area (Å²) in [6.45, 7) is 2.73. The van der Waals surface area contributed by atoms with E-state index in [1.54, 1.807) is 18.9 Å². The third-order valence-corrected chi connectivity index (χ3v) is 3.85. The van der Waals surface area contributed by atoms with Gasteiger partial charge in [-0.3, -0.25) is 0 Å². The lowest BCUT2D eigenvalue weighted by molar-refractivity contribution is 0.167. The van der Waals surface area contributed by atoms with Gasteiger partial charge >= 0.3 is 6.03 Å². The van der Waals surface area contributed by atoms with Gasteiger partial charge in [-0.1, -0.05) is 42.5 Å². The maximum Gasteiger partial charge on any atom is 0.321 e. The van der Waals surface area contributed by atoms with Crippen LogP contribution in [0.25, 0.3) is 0 Å². The largest absolute Gasteiger partial charge is 0.491 e. The number of para-hydroxylation sites is 2. The van der Waals surface area contributed by atoms with Gasteiger partial charge in [0.15, 0.2) is 0 Å². The Morgan fingerprint density at radius 2 is 1.84 bits per heavy atom. The Labute approximate surface area is 149 Å². The number of benzene rings is 2. The van der Waals surface area contributed by atoms with Gasteiger partial charge in [0.25, 0.3) is 0 Å². The second-order valence-corrected chi connectivity index (χ2v) is 6.07. The summed E-state index contributed by atoms with van der Waals surface area (Å²) in [5.41, 5.74) is 1.85. The van der Waals surface area contributed by atoms with Crippen LogP contribution in [-0.2, 0) is 6.42 Å². The van der Waals surface area contributed by atoms with Crippen LogP contribution in [-0.4, -0.2) is 42.3 Å². The van der Waals surface area contributed by atoms with E-state index in [4.69, 9.17) is 4.74 Å². The molecule has 0 aliphatic carbocycles. The van der Waals surface area contributed by atoms with Crippen LogP contribution in [0.15, 0.2) is 54.6 Å². The van der Waals surface area contributed by atoms with Crippen molar-refractivity contribution in [3.05, 3.63) is 60.2 Å². The molecule has 2 amide bonds. The minimum absolute atomic E-state index is 0.222. The van der Waals surface area contributed by atoms with Gasteiger partial charge in [0.05, 0.1) is 18.4 Å². The smallest absolute Gasteiger partial charge is 0.321 e. The number of hydrogen-bond donors (Lipinski definition) is 2. The van der Waals surface area contributed by atoms with Gasteiger partial charge in [0.1, 0.15) is 5.75 Å². The normalized spacial score (nSPS) is 11.6. The van der Waals surface area contributed by atoms with Crippen molar-refractivity contribution in [2.75, 3.05) is 25.5 Å². The molecule has 0 aromatic heterocycles. The van der Waals surface area contributed by atoms with Crippen LogP contribution in [0.2, 0.25) is 0 Å². The molecule has 134 valence electrons. The summed E-state index contributed by atoms with van der Waals surface area (Å²) in [5, 5.41) is 12.2. The zero-order valence-electron chi connectivity index (χ0n) is 14.8. The predicted octanol–water partition coefficient (Wildman–Crippen LogP) is 3.54. The molecule has 0 bridgehead atoms. The average Bonchev–Trinajstić information content (AvgIpc) is 2.62. The zero-order chi connectivity index (χ0) is 18.1. The Kier molecular flexibility index (Phi) is 7.29. The molecule has 2 aromatic rings. The molecule has 1 atom stereocenters. The summed E-state index contributed by atoms with van der Waals surface area (Å²) < 4.78 is 5.85. The number of nitrogens with zero attached hydrogens (tertiary/aromatic N) is 1. The number of aliphatic hydroxyl groups excluding tert-OH is 1. The van der Waals surface area contributed by atoms with E-state index in [-0.39, 0.29) is 6.03 Å². The van der Waals surface area contributed by atoms with E-state index in [0.717, 1.165) is 6.42 Å². The van der Waals surface area contributed by atoms with E-state index in [1.165, 1.54) is 5.56 Å². The quantitative estimate of drug-likeness (QED) is 0.771. The molecule has 5 heteroatoms. The lowest BCUT2D eigenvalue weighted by atomic mass is 10.2. The van der Waals surface area contributed by atoms with Crippen LogP contribution < -0.4 is 10.1 Å². The highest BCUT2D eigenvalue weighted by Gasteiger charge is 2.12. The average molecular weight is 342 g/mol. The second kappa shape index (κ2) is 9.69. The lowest BCUT2D eigenvalue weighted by Gasteiger charge is -2.20. The van der Waals surface area contributed by atoms with Crippen molar-refractivity contribution in [2.24, 2.45) is 0 Å². The van der Waals surface area contributed by atoms with Crippen molar-refractivity contribution in [1.29, 1.82) is 0 Å². The van der Waals surface area contributed by atoms with E-state index in [9.17, 15) is 9.90 Å². The number of aliphatic hydroxyl groups is 1. The second-order valence-electron chi connectivity index (χ2n) is 6.07. The van der Waals surface area contributed by atoms with Crippen LogP contribution in [0, 0.1) is 0 Å². The number of rotatable bonds is 8. The number of nitrogens with one attached hydrogen (secondary N) is 1. The third kappa shape index (κ3) is 6.47. The fraction of sp³-hybridized carbons (Fsp3) is 0.350. The van der Waals surface area contributed by atoms with Crippen LogP contribution in [0.5, 0.6) is 5.75 Å². The molecule has 0 heterocycles. The van der Waals surface area contributed by atoms with Gasteiger partial charge in [0, 0.05) is 20.0 Å². The molecular formula is C20H26N2O3. The first-order valence-corrected chi connectivity index (χ1v) is 8.52. The van der Waals surface area contributed by atoms with Crippen molar-refractivity contribution >= 4 is 11.7 Å². The molecule has 0 fully saturated rings. The number of urea groups is 1. The van der Waals surface area contributed by atoms with Gasteiger partial charge in [-0.05, 0) is 31.0 Å². The fourth-order valence-corrected chi connectivity index (χ4v) is 2.31. The highest BCUT2D eigenvalue weighted by Crippen LogP contribution is 2.24. The summed E-state index contributed by atoms with van der Waals surface area (Å²) in [4.78, 5) is 13.8. The minimum Gasteiger partial charge on any atom is -0.491 e. The van der Waals surface area contributed by atoms with E-state index >= 15 is 0 Å². The minimum atomic E-state index is -0.427. The van der Waals surface area contributed by atoms with Crippen molar-refractivity contribution in [1.82, 2.24) is 4.90 Å². The zero-order valence-corrected chi connectivity index (χ0v) is 14.8. The highest BCUT2D eigenvalue weighted by molar-refractivity contribution is 5.90. The Morgan fingerprint density at radius 3 is 2.56 bits per heavy atom. The molecule has 2 rings (SSSR count). The molecule has 0 radical (unpaired) electrons. The summed E-state index contributed by atoms with van der Waals surface area (Å²) in [7, 11) is 1.70. The number of hydrogen-bond acceptors (Lipinski definition) is 3. The number of amides is 2. The first kappa shape index (κ1) is 18.8. The molecule has 0 saturated carbocycles. The van der Waals surface area contributed by atoms with Crippen LogP contribution in [0.1, 0.15) is 18.9 Å². The summed E-state index contributed by atoms with van der Waals surface area (Å²) in [5.74, 6) is 0.649.